The minimum Gasteiger partial charge on any atom is -0.426 e. The first-order valence-corrected chi connectivity index (χ1v) is 8.02. The number of rotatable bonds is 5. The molecule has 0 radical (unpaired) electrons. The summed E-state index contributed by atoms with van der Waals surface area (Å²) in [6.45, 7) is 7.12. The minimum absolute atomic E-state index is 0.230. The molecule has 2 aromatic rings. The van der Waals surface area contributed by atoms with Crippen molar-refractivity contribution in [1.29, 1.82) is 0 Å². The lowest BCUT2D eigenvalue weighted by Gasteiger charge is -2.15. The van der Waals surface area contributed by atoms with Gasteiger partial charge in [0.15, 0.2) is 0 Å². The zero-order valence-corrected chi connectivity index (χ0v) is 14.4. The van der Waals surface area contributed by atoms with Crippen LogP contribution in [0.15, 0.2) is 48.5 Å². The first-order valence-electron chi connectivity index (χ1n) is 8.02. The SMILES string of the molecule is CC(C)C(=O)Oc1ccccc1-c1ccccc1OC(=O)C(C)C. The van der Waals surface area contributed by atoms with E-state index in [1.54, 1.807) is 52.0 Å². The second-order valence-electron chi connectivity index (χ2n) is 6.14. The van der Waals surface area contributed by atoms with Gasteiger partial charge >= 0.3 is 11.9 Å². The van der Waals surface area contributed by atoms with E-state index in [0.29, 0.717) is 22.6 Å². The highest BCUT2D eigenvalue weighted by Gasteiger charge is 2.18. The molecule has 4 nitrogen and oxygen atoms in total. The smallest absolute Gasteiger partial charge is 0.313 e. The van der Waals surface area contributed by atoms with Crippen LogP contribution in [0.1, 0.15) is 27.7 Å². The number of hydrogen-bond acceptors (Lipinski definition) is 4. The molecule has 0 aliphatic rings. The summed E-state index contributed by atoms with van der Waals surface area (Å²) < 4.78 is 11.0. The van der Waals surface area contributed by atoms with Gasteiger partial charge in [0.05, 0.1) is 11.8 Å². The van der Waals surface area contributed by atoms with Gasteiger partial charge in [-0.1, -0.05) is 64.1 Å². The first-order chi connectivity index (χ1) is 11.4. The van der Waals surface area contributed by atoms with Crippen LogP contribution in [-0.4, -0.2) is 11.9 Å². The fraction of sp³-hybridized carbons (Fsp3) is 0.300. The molecule has 0 amide bonds. The van der Waals surface area contributed by atoms with E-state index in [1.165, 1.54) is 0 Å². The molecule has 0 saturated heterocycles. The fourth-order valence-corrected chi connectivity index (χ4v) is 2.01. The van der Waals surface area contributed by atoms with Crippen molar-refractivity contribution in [3.63, 3.8) is 0 Å². The first kappa shape index (κ1) is 17.7. The lowest BCUT2D eigenvalue weighted by Crippen LogP contribution is -2.16. The average Bonchev–Trinajstić information content (AvgIpc) is 2.55. The van der Waals surface area contributed by atoms with Crippen LogP contribution < -0.4 is 9.47 Å². The Morgan fingerprint density at radius 3 is 1.33 bits per heavy atom. The van der Waals surface area contributed by atoms with E-state index in [4.69, 9.17) is 9.47 Å². The van der Waals surface area contributed by atoms with E-state index < -0.39 is 0 Å². The normalized spacial score (nSPS) is 10.8. The lowest BCUT2D eigenvalue weighted by atomic mass is 10.0. The van der Waals surface area contributed by atoms with Crippen molar-refractivity contribution in [2.24, 2.45) is 11.8 Å². The fourth-order valence-electron chi connectivity index (χ4n) is 2.01. The molecule has 24 heavy (non-hydrogen) atoms. The second kappa shape index (κ2) is 7.77. The van der Waals surface area contributed by atoms with Gasteiger partial charge in [0.25, 0.3) is 0 Å². The molecule has 0 heterocycles. The zero-order chi connectivity index (χ0) is 17.7. The lowest BCUT2D eigenvalue weighted by molar-refractivity contribution is -0.138. The monoisotopic (exact) mass is 326 g/mol. The van der Waals surface area contributed by atoms with Crippen LogP contribution in [-0.2, 0) is 9.59 Å². The zero-order valence-electron chi connectivity index (χ0n) is 14.4. The highest BCUT2D eigenvalue weighted by atomic mass is 16.5. The van der Waals surface area contributed by atoms with Crippen LogP contribution >= 0.6 is 0 Å². The Hall–Kier alpha value is -2.62. The molecule has 4 heteroatoms. The van der Waals surface area contributed by atoms with E-state index in [0.717, 1.165) is 0 Å². The maximum Gasteiger partial charge on any atom is 0.313 e. The highest BCUT2D eigenvalue weighted by Crippen LogP contribution is 2.36. The van der Waals surface area contributed by atoms with Gasteiger partial charge in [0.2, 0.25) is 0 Å². The molecule has 0 aliphatic heterocycles. The van der Waals surface area contributed by atoms with Gasteiger partial charge in [-0.2, -0.15) is 0 Å². The number of carbonyl (C=O) groups excluding carboxylic acids is 2. The van der Waals surface area contributed by atoms with Crippen LogP contribution in [0.2, 0.25) is 0 Å². The predicted molar refractivity (Wildman–Crippen MR) is 92.8 cm³/mol. The van der Waals surface area contributed by atoms with Gasteiger partial charge in [-0.25, -0.2) is 0 Å². The van der Waals surface area contributed by atoms with E-state index >= 15 is 0 Å². The molecule has 0 aromatic heterocycles. The Kier molecular flexibility index (Phi) is 5.74. The van der Waals surface area contributed by atoms with Crippen molar-refractivity contribution in [3.8, 4) is 22.6 Å². The molecule has 0 N–H and O–H groups in total. The van der Waals surface area contributed by atoms with Crippen molar-refractivity contribution >= 4 is 11.9 Å². The third-order valence-electron chi connectivity index (χ3n) is 3.43. The molecule has 0 spiro atoms. The van der Waals surface area contributed by atoms with E-state index in [2.05, 4.69) is 0 Å². The van der Waals surface area contributed by atoms with Crippen LogP contribution in [0.25, 0.3) is 11.1 Å². The van der Waals surface area contributed by atoms with Gasteiger partial charge < -0.3 is 9.47 Å². The van der Waals surface area contributed by atoms with E-state index in [9.17, 15) is 9.59 Å². The molecular formula is C20H22O4. The Morgan fingerprint density at radius 1 is 0.667 bits per heavy atom. The molecule has 126 valence electrons. The summed E-state index contributed by atoms with van der Waals surface area (Å²) in [5, 5.41) is 0. The Morgan fingerprint density at radius 2 is 1.00 bits per heavy atom. The molecule has 2 rings (SSSR count). The average molecular weight is 326 g/mol. The summed E-state index contributed by atoms with van der Waals surface area (Å²) in [5.41, 5.74) is 1.41. The van der Waals surface area contributed by atoms with Crippen molar-refractivity contribution in [1.82, 2.24) is 0 Å². The summed E-state index contributed by atoms with van der Waals surface area (Å²) >= 11 is 0. The van der Waals surface area contributed by atoms with Gasteiger partial charge in [-0.3, -0.25) is 9.59 Å². The van der Waals surface area contributed by atoms with Crippen molar-refractivity contribution in [3.05, 3.63) is 48.5 Å². The molecular weight excluding hydrogens is 304 g/mol. The topological polar surface area (TPSA) is 52.6 Å². The standard InChI is InChI=1S/C20H22O4/c1-13(2)19(21)23-17-11-7-5-9-15(17)16-10-6-8-12-18(16)24-20(22)14(3)4/h5-14H,1-4H3. The maximum atomic E-state index is 11.9. The van der Waals surface area contributed by atoms with Crippen LogP contribution in [0.4, 0.5) is 0 Å². The van der Waals surface area contributed by atoms with Crippen molar-refractivity contribution < 1.29 is 19.1 Å². The highest BCUT2D eigenvalue weighted by molar-refractivity contribution is 5.83. The number of esters is 2. The van der Waals surface area contributed by atoms with Gasteiger partial charge in [-0.05, 0) is 12.1 Å². The Labute approximate surface area is 142 Å². The summed E-state index contributed by atoms with van der Waals surface area (Å²) in [6, 6.07) is 14.4. The van der Waals surface area contributed by atoms with E-state index in [1.807, 2.05) is 24.3 Å². The Balaban J connectivity index is 2.42. The molecule has 0 unspecified atom stereocenters. The van der Waals surface area contributed by atoms with E-state index in [-0.39, 0.29) is 23.8 Å². The van der Waals surface area contributed by atoms with Crippen LogP contribution in [0.5, 0.6) is 11.5 Å². The third-order valence-corrected chi connectivity index (χ3v) is 3.43. The Bertz CT molecular complexity index is 668. The molecule has 0 atom stereocenters. The number of hydrogen-bond donors (Lipinski definition) is 0. The minimum atomic E-state index is -0.306. The third kappa shape index (κ3) is 4.22. The number of carbonyl (C=O) groups is 2. The van der Waals surface area contributed by atoms with Crippen molar-refractivity contribution in [2.45, 2.75) is 27.7 Å². The molecule has 0 bridgehead atoms. The largest absolute Gasteiger partial charge is 0.426 e. The summed E-state index contributed by atoms with van der Waals surface area (Å²) in [7, 11) is 0. The number of para-hydroxylation sites is 2. The molecule has 2 aromatic carbocycles. The van der Waals surface area contributed by atoms with Crippen LogP contribution in [0, 0.1) is 11.8 Å². The maximum absolute atomic E-state index is 11.9. The number of ether oxygens (including phenoxy) is 2. The van der Waals surface area contributed by atoms with Crippen LogP contribution in [0.3, 0.4) is 0 Å². The summed E-state index contributed by atoms with van der Waals surface area (Å²) in [5.74, 6) is -0.175. The van der Waals surface area contributed by atoms with Gasteiger partial charge in [-0.15, -0.1) is 0 Å². The molecule has 0 fully saturated rings. The summed E-state index contributed by atoms with van der Waals surface area (Å²) in [6.07, 6.45) is 0. The second-order valence-corrected chi connectivity index (χ2v) is 6.14. The quantitative estimate of drug-likeness (QED) is 0.600. The van der Waals surface area contributed by atoms with Gasteiger partial charge in [0, 0.05) is 11.1 Å². The van der Waals surface area contributed by atoms with Gasteiger partial charge in [0.1, 0.15) is 11.5 Å². The molecule has 0 aliphatic carbocycles. The van der Waals surface area contributed by atoms with Crippen molar-refractivity contribution in [2.75, 3.05) is 0 Å². The predicted octanol–water partition coefficient (Wildman–Crippen LogP) is 4.48. The summed E-state index contributed by atoms with van der Waals surface area (Å²) in [4.78, 5) is 23.9. The molecule has 0 saturated carbocycles. The number of benzene rings is 2.